The van der Waals surface area contributed by atoms with Crippen LogP contribution in [-0.2, 0) is 11.3 Å². The van der Waals surface area contributed by atoms with Gasteiger partial charge in [-0.05, 0) is 19.0 Å². The van der Waals surface area contributed by atoms with Crippen LogP contribution in [0.1, 0.15) is 12.0 Å². The molecule has 0 atom stereocenters. The fourth-order valence-electron chi connectivity index (χ4n) is 2.72. The molecular formula is C18H32IN5O. The maximum atomic E-state index is 5.92. The molecule has 0 aliphatic carbocycles. The third kappa shape index (κ3) is 9.98. The molecule has 0 unspecified atom stereocenters. The first-order chi connectivity index (χ1) is 11.7. The Morgan fingerprint density at radius 2 is 2.00 bits per heavy atom. The van der Waals surface area contributed by atoms with Crippen LogP contribution in [-0.4, -0.2) is 75.3 Å². The van der Waals surface area contributed by atoms with E-state index in [0.29, 0.717) is 5.96 Å². The number of aliphatic imine (C=N–C) groups is 1. The minimum atomic E-state index is 0. The summed E-state index contributed by atoms with van der Waals surface area (Å²) < 4.78 is 5.34. The topological polar surface area (TPSA) is 66.1 Å². The first-order valence-electron chi connectivity index (χ1n) is 8.80. The van der Waals surface area contributed by atoms with Crippen LogP contribution in [0.15, 0.2) is 35.3 Å². The highest BCUT2D eigenvalue weighted by atomic mass is 127. The predicted molar refractivity (Wildman–Crippen MR) is 115 cm³/mol. The zero-order chi connectivity index (χ0) is 17.0. The molecule has 2 rings (SSSR count). The van der Waals surface area contributed by atoms with Crippen molar-refractivity contribution in [2.75, 3.05) is 59.5 Å². The zero-order valence-corrected chi connectivity index (χ0v) is 17.5. The van der Waals surface area contributed by atoms with Crippen LogP contribution in [0.2, 0.25) is 0 Å². The van der Waals surface area contributed by atoms with Crippen LogP contribution in [0, 0.1) is 0 Å². The van der Waals surface area contributed by atoms with E-state index in [9.17, 15) is 0 Å². The van der Waals surface area contributed by atoms with E-state index < -0.39 is 0 Å². The van der Waals surface area contributed by atoms with E-state index in [1.807, 2.05) is 6.07 Å². The number of hydrogen-bond donors (Lipinski definition) is 2. The Bertz CT molecular complexity index is 480. The Labute approximate surface area is 168 Å². The van der Waals surface area contributed by atoms with Crippen molar-refractivity contribution in [1.29, 1.82) is 0 Å². The molecule has 0 radical (unpaired) electrons. The summed E-state index contributed by atoms with van der Waals surface area (Å²) in [5.74, 6) is 0.546. The van der Waals surface area contributed by atoms with Gasteiger partial charge in [-0.3, -0.25) is 9.89 Å². The number of likely N-dealkylation sites (N-methyl/N-ethyl adjacent to an activating group) is 1. The van der Waals surface area contributed by atoms with E-state index in [-0.39, 0.29) is 24.0 Å². The number of halogens is 1. The van der Waals surface area contributed by atoms with Gasteiger partial charge < -0.3 is 20.7 Å². The van der Waals surface area contributed by atoms with Crippen LogP contribution in [0.5, 0.6) is 0 Å². The van der Waals surface area contributed by atoms with Gasteiger partial charge in [0.25, 0.3) is 0 Å². The second kappa shape index (κ2) is 13.3. The molecule has 1 saturated heterocycles. The molecule has 6 nitrogen and oxygen atoms in total. The zero-order valence-electron chi connectivity index (χ0n) is 15.2. The normalized spacial score (nSPS) is 15.8. The lowest BCUT2D eigenvalue weighted by Gasteiger charge is -2.26. The third-order valence-electron chi connectivity index (χ3n) is 4.11. The van der Waals surface area contributed by atoms with Crippen molar-refractivity contribution in [3.63, 3.8) is 0 Å². The predicted octanol–water partition coefficient (Wildman–Crippen LogP) is 1.36. The minimum Gasteiger partial charge on any atom is -0.379 e. The highest BCUT2D eigenvalue weighted by Crippen LogP contribution is 2.01. The van der Waals surface area contributed by atoms with E-state index in [1.165, 1.54) is 5.56 Å². The van der Waals surface area contributed by atoms with Gasteiger partial charge in [0.1, 0.15) is 0 Å². The van der Waals surface area contributed by atoms with Crippen LogP contribution < -0.4 is 11.1 Å². The Kier molecular flexibility index (Phi) is 11.8. The molecule has 0 spiro atoms. The summed E-state index contributed by atoms with van der Waals surface area (Å²) in [5, 5.41) is 3.19. The number of ether oxygens (including phenoxy) is 1. The molecule has 1 aromatic rings. The van der Waals surface area contributed by atoms with Crippen molar-refractivity contribution in [2.24, 2.45) is 10.7 Å². The quantitative estimate of drug-likeness (QED) is 0.252. The molecule has 0 aromatic heterocycles. The van der Waals surface area contributed by atoms with Gasteiger partial charge in [-0.2, -0.15) is 0 Å². The number of nitrogens with two attached hydrogens (primary N) is 1. The molecule has 0 bridgehead atoms. The van der Waals surface area contributed by atoms with Gasteiger partial charge in [0.05, 0.1) is 13.2 Å². The number of benzene rings is 1. The number of hydrogen-bond acceptors (Lipinski definition) is 4. The summed E-state index contributed by atoms with van der Waals surface area (Å²) in [4.78, 5) is 9.09. The van der Waals surface area contributed by atoms with Crippen molar-refractivity contribution < 1.29 is 4.74 Å². The average Bonchev–Trinajstić information content (AvgIpc) is 2.60. The van der Waals surface area contributed by atoms with Gasteiger partial charge in [-0.25, -0.2) is 0 Å². The Morgan fingerprint density at radius 3 is 2.72 bits per heavy atom. The summed E-state index contributed by atoms with van der Waals surface area (Å²) in [5.41, 5.74) is 7.24. The molecule has 25 heavy (non-hydrogen) atoms. The number of morpholine rings is 1. The molecule has 7 heteroatoms. The maximum absolute atomic E-state index is 5.92. The number of nitrogens with one attached hydrogen (secondary N) is 1. The Morgan fingerprint density at radius 1 is 1.28 bits per heavy atom. The van der Waals surface area contributed by atoms with Crippen LogP contribution in [0.4, 0.5) is 0 Å². The fraction of sp³-hybridized carbons (Fsp3) is 0.611. The largest absolute Gasteiger partial charge is 0.379 e. The lowest BCUT2D eigenvalue weighted by atomic mass is 10.2. The summed E-state index contributed by atoms with van der Waals surface area (Å²) in [7, 11) is 2.12. The molecule has 142 valence electrons. The first-order valence-corrected chi connectivity index (χ1v) is 8.80. The molecule has 1 aliphatic heterocycles. The van der Waals surface area contributed by atoms with Gasteiger partial charge >= 0.3 is 0 Å². The number of rotatable bonds is 9. The first kappa shape index (κ1) is 22.1. The standard InChI is InChI=1S/C18H31N5O.HI/c1-22(16-17-6-3-2-4-7-17)11-9-21-18(19)20-8-5-10-23-12-14-24-15-13-23;/h2-4,6-7H,5,8-16H2,1H3,(H3,19,20,21);1H. The smallest absolute Gasteiger partial charge is 0.188 e. The molecule has 1 fully saturated rings. The van der Waals surface area contributed by atoms with E-state index in [4.69, 9.17) is 10.5 Å². The lowest BCUT2D eigenvalue weighted by Crippen LogP contribution is -2.38. The van der Waals surface area contributed by atoms with E-state index in [2.05, 4.69) is 51.4 Å². The van der Waals surface area contributed by atoms with Crippen molar-refractivity contribution >= 4 is 29.9 Å². The Hall–Kier alpha value is -0.900. The monoisotopic (exact) mass is 461 g/mol. The lowest BCUT2D eigenvalue weighted by molar-refractivity contribution is 0.0377. The summed E-state index contributed by atoms with van der Waals surface area (Å²) in [6.45, 7) is 8.29. The van der Waals surface area contributed by atoms with Crippen molar-refractivity contribution in [3.8, 4) is 0 Å². The number of guanidine groups is 1. The second-order valence-corrected chi connectivity index (χ2v) is 6.22. The summed E-state index contributed by atoms with van der Waals surface area (Å²) in [6, 6.07) is 10.5. The van der Waals surface area contributed by atoms with Gasteiger partial charge in [-0.15, -0.1) is 24.0 Å². The van der Waals surface area contributed by atoms with E-state index in [0.717, 1.165) is 65.4 Å². The molecule has 0 amide bonds. The Balaban J connectivity index is 0.00000312. The molecule has 1 aromatic carbocycles. The van der Waals surface area contributed by atoms with Crippen molar-refractivity contribution in [2.45, 2.75) is 13.0 Å². The van der Waals surface area contributed by atoms with E-state index in [1.54, 1.807) is 0 Å². The van der Waals surface area contributed by atoms with Gasteiger partial charge in [0.15, 0.2) is 5.96 Å². The fourth-order valence-corrected chi connectivity index (χ4v) is 2.72. The second-order valence-electron chi connectivity index (χ2n) is 6.22. The van der Waals surface area contributed by atoms with Crippen molar-refractivity contribution in [1.82, 2.24) is 15.1 Å². The SMILES string of the molecule is CN(CCNC(N)=NCCCN1CCOCC1)Cc1ccccc1.I. The van der Waals surface area contributed by atoms with Crippen LogP contribution in [0.3, 0.4) is 0 Å². The average molecular weight is 461 g/mol. The summed E-state index contributed by atoms with van der Waals surface area (Å²) >= 11 is 0. The maximum Gasteiger partial charge on any atom is 0.188 e. The number of nitrogens with zero attached hydrogens (tertiary/aromatic N) is 3. The van der Waals surface area contributed by atoms with Crippen LogP contribution in [0.25, 0.3) is 0 Å². The molecule has 1 aliphatic rings. The minimum absolute atomic E-state index is 0. The van der Waals surface area contributed by atoms with Crippen molar-refractivity contribution in [3.05, 3.63) is 35.9 Å². The molecule has 0 saturated carbocycles. The molecular weight excluding hydrogens is 429 g/mol. The van der Waals surface area contributed by atoms with Gasteiger partial charge in [0, 0.05) is 45.8 Å². The van der Waals surface area contributed by atoms with Crippen LogP contribution >= 0.6 is 24.0 Å². The van der Waals surface area contributed by atoms with Gasteiger partial charge in [-0.1, -0.05) is 30.3 Å². The van der Waals surface area contributed by atoms with Gasteiger partial charge in [0.2, 0.25) is 0 Å². The summed E-state index contributed by atoms with van der Waals surface area (Å²) in [6.07, 6.45) is 1.04. The molecule has 1 heterocycles. The highest BCUT2D eigenvalue weighted by Gasteiger charge is 2.08. The van der Waals surface area contributed by atoms with E-state index >= 15 is 0 Å². The highest BCUT2D eigenvalue weighted by molar-refractivity contribution is 14.0. The third-order valence-corrected chi connectivity index (χ3v) is 4.11. The molecule has 3 N–H and O–H groups in total.